The number of benzene rings is 1. The van der Waals surface area contributed by atoms with Gasteiger partial charge in [-0.3, -0.25) is 4.79 Å². The fourth-order valence-corrected chi connectivity index (χ4v) is 1.57. The Balaban J connectivity index is 2.66. The van der Waals surface area contributed by atoms with Crippen LogP contribution >= 0.6 is 0 Å². The Bertz CT molecular complexity index is 445. The van der Waals surface area contributed by atoms with Gasteiger partial charge >= 0.3 is 0 Å². The maximum atomic E-state index is 12.0. The summed E-state index contributed by atoms with van der Waals surface area (Å²) in [4.78, 5) is 13.6. The minimum atomic E-state index is -0.537. The van der Waals surface area contributed by atoms with Crippen molar-refractivity contribution in [2.24, 2.45) is 5.73 Å². The number of likely N-dealkylation sites (N-methyl/N-ethyl adjacent to an activating group) is 1. The molecular weight excluding hydrogens is 226 g/mol. The van der Waals surface area contributed by atoms with E-state index in [0.717, 1.165) is 5.56 Å². The highest BCUT2D eigenvalue weighted by Crippen LogP contribution is 2.07. The lowest BCUT2D eigenvalue weighted by Crippen LogP contribution is -2.45. The van der Waals surface area contributed by atoms with E-state index in [-0.39, 0.29) is 11.9 Å². The number of carbonyl (C=O) groups excluding carboxylic acids is 1. The normalized spacial score (nSPS) is 12.0. The summed E-state index contributed by atoms with van der Waals surface area (Å²) in [6, 6.07) is 8.80. The lowest BCUT2D eigenvalue weighted by molar-refractivity contribution is -0.132. The molecule has 1 amide bonds. The second kappa shape index (κ2) is 6.18. The van der Waals surface area contributed by atoms with Crippen LogP contribution in [0.1, 0.15) is 25.0 Å². The van der Waals surface area contributed by atoms with Gasteiger partial charge in [-0.25, -0.2) is 0 Å². The van der Waals surface area contributed by atoms with E-state index in [1.165, 1.54) is 0 Å². The Morgan fingerprint density at radius 1 is 1.39 bits per heavy atom. The smallest absolute Gasteiger partial charge is 0.239 e. The number of rotatable bonds is 4. The molecule has 0 aliphatic rings. The molecule has 0 bridgehead atoms. The van der Waals surface area contributed by atoms with Crippen LogP contribution in [0.25, 0.3) is 0 Å². The first-order chi connectivity index (χ1) is 8.45. The molecule has 4 nitrogen and oxygen atoms in total. The fraction of sp³-hybridized carbons (Fsp3) is 0.429. The predicted molar refractivity (Wildman–Crippen MR) is 70.7 cm³/mol. The number of nitriles is 1. The van der Waals surface area contributed by atoms with Crippen molar-refractivity contribution in [3.8, 4) is 6.07 Å². The van der Waals surface area contributed by atoms with Crippen molar-refractivity contribution in [1.82, 2.24) is 4.90 Å². The first-order valence-corrected chi connectivity index (χ1v) is 5.97. The summed E-state index contributed by atoms with van der Waals surface area (Å²) in [5.74, 6) is -0.0608. The molecule has 2 N–H and O–H groups in total. The summed E-state index contributed by atoms with van der Waals surface area (Å²) in [6.07, 6.45) is 0.488. The summed E-state index contributed by atoms with van der Waals surface area (Å²) >= 11 is 0. The van der Waals surface area contributed by atoms with E-state index in [0.29, 0.717) is 12.0 Å². The number of nitrogens with zero attached hydrogens (tertiary/aromatic N) is 2. The zero-order chi connectivity index (χ0) is 13.7. The zero-order valence-corrected chi connectivity index (χ0v) is 11.1. The molecule has 0 aromatic heterocycles. The first-order valence-electron chi connectivity index (χ1n) is 5.97. The van der Waals surface area contributed by atoms with E-state index < -0.39 is 6.04 Å². The molecule has 0 heterocycles. The standard InChI is InChI=1S/C14H19N3O/c1-10(2)17(3)14(18)13(16)8-11-4-6-12(9-15)7-5-11/h4-7,10,13H,8,16H2,1-3H3. The summed E-state index contributed by atoms with van der Waals surface area (Å²) in [7, 11) is 1.76. The number of carbonyl (C=O) groups is 1. The maximum Gasteiger partial charge on any atom is 0.239 e. The van der Waals surface area contributed by atoms with Crippen molar-refractivity contribution < 1.29 is 4.79 Å². The number of hydrogen-bond acceptors (Lipinski definition) is 3. The van der Waals surface area contributed by atoms with E-state index in [1.54, 1.807) is 24.1 Å². The molecule has 0 spiro atoms. The SMILES string of the molecule is CC(C)N(C)C(=O)C(N)Cc1ccc(C#N)cc1. The Hall–Kier alpha value is -1.86. The molecule has 4 heteroatoms. The molecule has 0 radical (unpaired) electrons. The van der Waals surface area contributed by atoms with Crippen LogP contribution in [-0.2, 0) is 11.2 Å². The van der Waals surface area contributed by atoms with Crippen molar-refractivity contribution in [3.05, 3.63) is 35.4 Å². The van der Waals surface area contributed by atoms with E-state index in [9.17, 15) is 4.79 Å². The maximum absolute atomic E-state index is 12.0. The highest BCUT2D eigenvalue weighted by Gasteiger charge is 2.19. The van der Waals surface area contributed by atoms with Gasteiger partial charge in [0.05, 0.1) is 17.7 Å². The molecule has 1 aromatic carbocycles. The van der Waals surface area contributed by atoms with Crippen molar-refractivity contribution >= 4 is 5.91 Å². The van der Waals surface area contributed by atoms with Gasteiger partial charge in [0.1, 0.15) is 0 Å². The zero-order valence-electron chi connectivity index (χ0n) is 11.1. The second-order valence-electron chi connectivity index (χ2n) is 4.66. The van der Waals surface area contributed by atoms with Crippen LogP contribution in [0.5, 0.6) is 0 Å². The van der Waals surface area contributed by atoms with Gasteiger partial charge in [0.25, 0.3) is 0 Å². The van der Waals surface area contributed by atoms with Crippen LogP contribution in [0.4, 0.5) is 0 Å². The van der Waals surface area contributed by atoms with E-state index >= 15 is 0 Å². The van der Waals surface area contributed by atoms with E-state index in [2.05, 4.69) is 6.07 Å². The van der Waals surface area contributed by atoms with E-state index in [4.69, 9.17) is 11.0 Å². The van der Waals surface area contributed by atoms with Gasteiger partial charge in [0.2, 0.25) is 5.91 Å². The second-order valence-corrected chi connectivity index (χ2v) is 4.66. The van der Waals surface area contributed by atoms with Crippen LogP contribution in [0.2, 0.25) is 0 Å². The van der Waals surface area contributed by atoms with Gasteiger partial charge in [0, 0.05) is 13.1 Å². The first kappa shape index (κ1) is 14.2. The molecule has 1 aromatic rings. The summed E-state index contributed by atoms with van der Waals surface area (Å²) in [6.45, 7) is 3.90. The average molecular weight is 245 g/mol. The van der Waals surface area contributed by atoms with Crippen LogP contribution in [-0.4, -0.2) is 29.9 Å². The number of amides is 1. The third kappa shape index (κ3) is 3.57. The largest absolute Gasteiger partial charge is 0.342 e. The fourth-order valence-electron chi connectivity index (χ4n) is 1.57. The van der Waals surface area contributed by atoms with E-state index in [1.807, 2.05) is 26.0 Å². The lowest BCUT2D eigenvalue weighted by Gasteiger charge is -2.24. The van der Waals surface area contributed by atoms with Crippen molar-refractivity contribution in [1.29, 1.82) is 5.26 Å². The molecular formula is C14H19N3O. The third-order valence-corrected chi connectivity index (χ3v) is 2.98. The summed E-state index contributed by atoms with van der Waals surface area (Å²) in [5, 5.41) is 8.70. The van der Waals surface area contributed by atoms with Crippen LogP contribution in [0.3, 0.4) is 0 Å². The summed E-state index contributed by atoms with van der Waals surface area (Å²) in [5.41, 5.74) is 7.48. The molecule has 1 atom stereocenters. The molecule has 96 valence electrons. The minimum Gasteiger partial charge on any atom is -0.342 e. The van der Waals surface area contributed by atoms with Gasteiger partial charge in [-0.05, 0) is 38.0 Å². The van der Waals surface area contributed by atoms with Gasteiger partial charge < -0.3 is 10.6 Å². The lowest BCUT2D eigenvalue weighted by atomic mass is 10.0. The van der Waals surface area contributed by atoms with Gasteiger partial charge in [-0.1, -0.05) is 12.1 Å². The molecule has 0 fully saturated rings. The molecule has 0 aliphatic carbocycles. The third-order valence-electron chi connectivity index (χ3n) is 2.98. The van der Waals surface area contributed by atoms with Crippen LogP contribution in [0, 0.1) is 11.3 Å². The number of hydrogen-bond donors (Lipinski definition) is 1. The Morgan fingerprint density at radius 2 is 1.94 bits per heavy atom. The van der Waals surface area contributed by atoms with Crippen LogP contribution in [0.15, 0.2) is 24.3 Å². The van der Waals surface area contributed by atoms with Gasteiger partial charge in [-0.15, -0.1) is 0 Å². The molecule has 0 saturated heterocycles. The highest BCUT2D eigenvalue weighted by molar-refractivity contribution is 5.82. The quantitative estimate of drug-likeness (QED) is 0.869. The Labute approximate surface area is 108 Å². The monoisotopic (exact) mass is 245 g/mol. The van der Waals surface area contributed by atoms with Crippen molar-refractivity contribution in [2.45, 2.75) is 32.4 Å². The minimum absolute atomic E-state index is 0.0608. The topological polar surface area (TPSA) is 70.1 Å². The molecule has 18 heavy (non-hydrogen) atoms. The average Bonchev–Trinajstić information content (AvgIpc) is 2.37. The summed E-state index contributed by atoms with van der Waals surface area (Å²) < 4.78 is 0. The number of nitrogens with two attached hydrogens (primary N) is 1. The molecule has 1 rings (SSSR count). The Morgan fingerprint density at radius 3 is 2.39 bits per heavy atom. The Kier molecular flexibility index (Phi) is 4.87. The van der Waals surface area contributed by atoms with Gasteiger partial charge in [-0.2, -0.15) is 5.26 Å². The molecule has 0 aliphatic heterocycles. The highest BCUT2D eigenvalue weighted by atomic mass is 16.2. The predicted octanol–water partition coefficient (Wildman–Crippen LogP) is 1.29. The van der Waals surface area contributed by atoms with Gasteiger partial charge in [0.15, 0.2) is 0 Å². The van der Waals surface area contributed by atoms with Crippen LogP contribution < -0.4 is 5.73 Å². The molecule has 0 saturated carbocycles. The molecule has 1 unspecified atom stereocenters. The van der Waals surface area contributed by atoms with Crippen molar-refractivity contribution in [2.75, 3.05) is 7.05 Å². The van der Waals surface area contributed by atoms with Crippen molar-refractivity contribution in [3.63, 3.8) is 0 Å².